The Hall–Kier alpha value is -2.85. The van der Waals surface area contributed by atoms with Crippen LogP contribution in [0.5, 0.6) is 0 Å². The number of carbonyl (C=O) groups is 1. The highest BCUT2D eigenvalue weighted by molar-refractivity contribution is 5.68. The van der Waals surface area contributed by atoms with Gasteiger partial charge in [-0.05, 0) is 32.9 Å². The minimum absolute atomic E-state index is 0.180. The molecule has 1 fully saturated rings. The lowest BCUT2D eigenvalue weighted by atomic mass is 10.2. The molecule has 28 heavy (non-hydrogen) atoms. The van der Waals surface area contributed by atoms with Gasteiger partial charge in [-0.15, -0.1) is 0 Å². The smallest absolute Gasteiger partial charge is 0.444 e. The van der Waals surface area contributed by atoms with Crippen LogP contribution in [-0.4, -0.2) is 57.9 Å². The molecule has 0 unspecified atom stereocenters. The van der Waals surface area contributed by atoms with Crippen LogP contribution in [0.3, 0.4) is 0 Å². The fourth-order valence-corrected chi connectivity index (χ4v) is 2.61. The van der Waals surface area contributed by atoms with Crippen LogP contribution in [0.4, 0.5) is 23.8 Å². The Morgan fingerprint density at radius 1 is 1.14 bits per heavy atom. The molecule has 0 saturated carbocycles. The monoisotopic (exact) mass is 399 g/mol. The van der Waals surface area contributed by atoms with Crippen LogP contribution < -0.4 is 4.90 Å². The van der Waals surface area contributed by atoms with Gasteiger partial charge in [-0.1, -0.05) is 5.16 Å². The Bertz CT molecular complexity index is 822. The first kappa shape index (κ1) is 19.9. The number of piperazine rings is 1. The molecule has 152 valence electrons. The van der Waals surface area contributed by atoms with Crippen molar-refractivity contribution in [3.63, 3.8) is 0 Å². The molecule has 11 heteroatoms. The van der Waals surface area contributed by atoms with Crippen molar-refractivity contribution >= 4 is 11.9 Å². The number of amides is 1. The highest BCUT2D eigenvalue weighted by Crippen LogP contribution is 2.29. The lowest BCUT2D eigenvalue weighted by Gasteiger charge is -2.36. The van der Waals surface area contributed by atoms with E-state index in [2.05, 4.69) is 19.6 Å². The molecule has 0 N–H and O–H groups in total. The van der Waals surface area contributed by atoms with E-state index in [0.717, 1.165) is 0 Å². The van der Waals surface area contributed by atoms with Gasteiger partial charge in [-0.2, -0.15) is 18.2 Å². The zero-order valence-corrected chi connectivity index (χ0v) is 15.7. The normalized spacial score (nSPS) is 15.6. The van der Waals surface area contributed by atoms with Crippen LogP contribution in [0.25, 0.3) is 11.4 Å². The number of pyridine rings is 1. The van der Waals surface area contributed by atoms with Gasteiger partial charge in [0.05, 0.1) is 0 Å². The summed E-state index contributed by atoms with van der Waals surface area (Å²) in [7, 11) is 0. The van der Waals surface area contributed by atoms with E-state index in [-0.39, 0.29) is 11.9 Å². The summed E-state index contributed by atoms with van der Waals surface area (Å²) < 4.78 is 47.2. The van der Waals surface area contributed by atoms with Gasteiger partial charge in [-0.3, -0.25) is 0 Å². The maximum atomic E-state index is 12.5. The van der Waals surface area contributed by atoms with Crippen molar-refractivity contribution in [1.82, 2.24) is 20.0 Å². The first-order chi connectivity index (χ1) is 13.0. The van der Waals surface area contributed by atoms with Crippen LogP contribution in [0.2, 0.25) is 0 Å². The number of hydrogen-bond acceptors (Lipinski definition) is 7. The molecule has 2 aromatic heterocycles. The lowest BCUT2D eigenvalue weighted by Crippen LogP contribution is -2.50. The fraction of sp³-hybridized carbons (Fsp3) is 0.529. The Morgan fingerprint density at radius 3 is 2.32 bits per heavy atom. The van der Waals surface area contributed by atoms with Crippen LogP contribution in [0.15, 0.2) is 22.9 Å². The number of hydrogen-bond donors (Lipinski definition) is 0. The highest BCUT2D eigenvalue weighted by atomic mass is 19.4. The molecule has 0 radical (unpaired) electrons. The quantitative estimate of drug-likeness (QED) is 0.767. The van der Waals surface area contributed by atoms with E-state index < -0.39 is 17.7 Å². The average Bonchev–Trinajstić information content (AvgIpc) is 3.11. The average molecular weight is 399 g/mol. The third-order valence-corrected chi connectivity index (χ3v) is 3.93. The number of rotatable bonds is 2. The first-order valence-electron chi connectivity index (χ1n) is 8.63. The number of carbonyl (C=O) groups excluding carboxylic acids is 1. The minimum Gasteiger partial charge on any atom is -0.444 e. The Balaban J connectivity index is 1.61. The number of halogens is 3. The zero-order valence-electron chi connectivity index (χ0n) is 15.7. The van der Waals surface area contributed by atoms with Crippen molar-refractivity contribution in [3.8, 4) is 11.4 Å². The summed E-state index contributed by atoms with van der Waals surface area (Å²) in [6, 6.07) is 3.25. The van der Waals surface area contributed by atoms with Crippen molar-refractivity contribution < 1.29 is 27.2 Å². The van der Waals surface area contributed by atoms with Crippen molar-refractivity contribution in [2.45, 2.75) is 32.5 Å². The Kier molecular flexibility index (Phi) is 5.18. The third-order valence-electron chi connectivity index (χ3n) is 3.93. The number of nitrogens with zero attached hydrogens (tertiary/aromatic N) is 5. The van der Waals surface area contributed by atoms with Crippen LogP contribution in [0, 0.1) is 0 Å². The van der Waals surface area contributed by atoms with E-state index in [1.165, 1.54) is 6.20 Å². The predicted octanol–water partition coefficient (Wildman–Crippen LogP) is 3.21. The molecular weight excluding hydrogens is 379 g/mol. The molecule has 0 aliphatic carbocycles. The van der Waals surface area contributed by atoms with E-state index in [9.17, 15) is 18.0 Å². The van der Waals surface area contributed by atoms with E-state index in [1.54, 1.807) is 17.0 Å². The molecule has 2 aromatic rings. The van der Waals surface area contributed by atoms with Crippen molar-refractivity contribution in [2.24, 2.45) is 0 Å². The second kappa shape index (κ2) is 7.28. The van der Waals surface area contributed by atoms with Gasteiger partial charge < -0.3 is 19.1 Å². The van der Waals surface area contributed by atoms with Gasteiger partial charge in [-0.25, -0.2) is 9.78 Å². The van der Waals surface area contributed by atoms with E-state index in [0.29, 0.717) is 37.6 Å². The highest BCUT2D eigenvalue weighted by Gasteiger charge is 2.38. The maximum Gasteiger partial charge on any atom is 0.471 e. The van der Waals surface area contributed by atoms with Crippen LogP contribution in [0.1, 0.15) is 26.7 Å². The van der Waals surface area contributed by atoms with E-state index in [1.807, 2.05) is 25.7 Å². The second-order valence-electron chi connectivity index (χ2n) is 7.28. The number of ether oxygens (including phenoxy) is 1. The van der Waals surface area contributed by atoms with Gasteiger partial charge in [0.15, 0.2) is 0 Å². The van der Waals surface area contributed by atoms with Gasteiger partial charge in [0.2, 0.25) is 5.82 Å². The van der Waals surface area contributed by atoms with Gasteiger partial charge in [0, 0.05) is 37.9 Å². The van der Waals surface area contributed by atoms with E-state index >= 15 is 0 Å². The summed E-state index contributed by atoms with van der Waals surface area (Å²) in [4.78, 5) is 23.3. The number of aromatic nitrogens is 3. The SMILES string of the molecule is CC(C)(C)OC(=O)N1CCN(c2ccc(-c3noc(C(F)(F)F)n3)cn2)CC1. The van der Waals surface area contributed by atoms with Crippen molar-refractivity contribution in [2.75, 3.05) is 31.1 Å². The Labute approximate surface area is 159 Å². The summed E-state index contributed by atoms with van der Waals surface area (Å²) in [6.07, 6.45) is -3.65. The first-order valence-corrected chi connectivity index (χ1v) is 8.63. The fourth-order valence-electron chi connectivity index (χ4n) is 2.61. The third kappa shape index (κ3) is 4.70. The topological polar surface area (TPSA) is 84.6 Å². The molecule has 0 spiro atoms. The molecule has 0 aromatic carbocycles. The second-order valence-corrected chi connectivity index (χ2v) is 7.28. The Morgan fingerprint density at radius 2 is 1.82 bits per heavy atom. The summed E-state index contributed by atoms with van der Waals surface area (Å²) in [5.41, 5.74) is -0.234. The maximum absolute atomic E-state index is 12.5. The molecule has 1 aliphatic rings. The molecule has 8 nitrogen and oxygen atoms in total. The molecule has 3 rings (SSSR count). The zero-order chi connectivity index (χ0) is 20.5. The number of anilines is 1. The molecule has 3 heterocycles. The molecule has 0 bridgehead atoms. The lowest BCUT2D eigenvalue weighted by molar-refractivity contribution is -0.159. The molecule has 1 saturated heterocycles. The van der Waals surface area contributed by atoms with Gasteiger partial charge in [0.1, 0.15) is 11.4 Å². The molecular formula is C17H20F3N5O3. The molecule has 1 amide bonds. The van der Waals surface area contributed by atoms with Gasteiger partial charge >= 0.3 is 18.2 Å². The van der Waals surface area contributed by atoms with E-state index in [4.69, 9.17) is 4.74 Å². The van der Waals surface area contributed by atoms with Crippen LogP contribution in [-0.2, 0) is 10.9 Å². The summed E-state index contributed by atoms with van der Waals surface area (Å²) in [5, 5.41) is 3.34. The summed E-state index contributed by atoms with van der Waals surface area (Å²) >= 11 is 0. The minimum atomic E-state index is -4.69. The summed E-state index contributed by atoms with van der Waals surface area (Å²) in [5.74, 6) is -0.932. The van der Waals surface area contributed by atoms with Gasteiger partial charge in [0.25, 0.3) is 0 Å². The van der Waals surface area contributed by atoms with Crippen molar-refractivity contribution in [1.29, 1.82) is 0 Å². The van der Waals surface area contributed by atoms with Crippen LogP contribution >= 0.6 is 0 Å². The van der Waals surface area contributed by atoms with Crippen molar-refractivity contribution in [3.05, 3.63) is 24.2 Å². The molecule has 1 aliphatic heterocycles. The number of alkyl halides is 3. The summed E-state index contributed by atoms with van der Waals surface area (Å²) in [6.45, 7) is 7.53. The largest absolute Gasteiger partial charge is 0.471 e. The standard InChI is InChI=1S/C17H20F3N5O3/c1-16(2,3)27-15(26)25-8-6-24(7-9-25)12-5-4-11(10-21-12)13-22-14(28-23-13)17(18,19)20/h4-5,10H,6-9H2,1-3H3. The predicted molar refractivity (Wildman–Crippen MR) is 92.6 cm³/mol. The molecule has 0 atom stereocenters.